The van der Waals surface area contributed by atoms with Gasteiger partial charge in [0.25, 0.3) is 0 Å². The highest BCUT2D eigenvalue weighted by molar-refractivity contribution is 6.31. The summed E-state index contributed by atoms with van der Waals surface area (Å²) < 4.78 is 4.83. The first-order valence-electron chi connectivity index (χ1n) is 6.20. The summed E-state index contributed by atoms with van der Waals surface area (Å²) in [4.78, 5) is 27.9. The first kappa shape index (κ1) is 15.0. The molecule has 21 heavy (non-hydrogen) atoms. The third-order valence-corrected chi connectivity index (χ3v) is 2.90. The number of hydrogen-bond acceptors (Lipinski definition) is 5. The fourth-order valence-electron chi connectivity index (χ4n) is 1.71. The fraction of sp³-hybridized carbons (Fsp3) is 0.133. The van der Waals surface area contributed by atoms with Crippen molar-refractivity contribution in [3.63, 3.8) is 0 Å². The smallest absolute Gasteiger partial charge is 0.356 e. The van der Waals surface area contributed by atoms with Crippen LogP contribution in [0.15, 0.2) is 36.4 Å². The van der Waals surface area contributed by atoms with Crippen LogP contribution in [0.4, 0.5) is 0 Å². The monoisotopic (exact) mass is 305 g/mol. The van der Waals surface area contributed by atoms with E-state index < -0.39 is 11.8 Å². The summed E-state index contributed by atoms with van der Waals surface area (Å²) in [5.41, 5.74) is 0.0818. The fourth-order valence-corrected chi connectivity index (χ4v) is 1.88. The van der Waals surface area contributed by atoms with Crippen molar-refractivity contribution in [2.45, 2.75) is 6.92 Å². The number of carbonyl (C=O) groups excluding carboxylic acids is 2. The molecule has 0 aliphatic carbocycles. The lowest BCUT2D eigenvalue weighted by molar-refractivity contribution is 0.0519. The summed E-state index contributed by atoms with van der Waals surface area (Å²) in [6.45, 7) is 1.89. The average Bonchev–Trinajstić information content (AvgIpc) is 2.49. The molecule has 6 heteroatoms. The van der Waals surface area contributed by atoms with Crippen LogP contribution in [-0.4, -0.2) is 28.4 Å². The van der Waals surface area contributed by atoms with E-state index in [-0.39, 0.29) is 29.3 Å². The van der Waals surface area contributed by atoms with E-state index in [0.29, 0.717) is 5.02 Å². The molecular weight excluding hydrogens is 294 g/mol. The van der Waals surface area contributed by atoms with Gasteiger partial charge in [0.2, 0.25) is 5.78 Å². The lowest BCUT2D eigenvalue weighted by Crippen LogP contribution is -2.11. The van der Waals surface area contributed by atoms with Gasteiger partial charge in [-0.1, -0.05) is 17.7 Å². The first-order valence-corrected chi connectivity index (χ1v) is 6.58. The second kappa shape index (κ2) is 6.37. The zero-order valence-corrected chi connectivity index (χ0v) is 11.9. The number of pyridine rings is 1. The molecule has 0 unspecified atom stereocenters. The molecule has 0 aliphatic rings. The van der Waals surface area contributed by atoms with Gasteiger partial charge in [-0.05, 0) is 37.3 Å². The van der Waals surface area contributed by atoms with Gasteiger partial charge >= 0.3 is 5.97 Å². The topological polar surface area (TPSA) is 76.5 Å². The number of halogens is 1. The molecule has 1 aromatic heterocycles. The van der Waals surface area contributed by atoms with Crippen molar-refractivity contribution in [3.05, 3.63) is 58.4 Å². The minimum absolute atomic E-state index is 0.0241. The normalized spacial score (nSPS) is 10.2. The van der Waals surface area contributed by atoms with Crippen LogP contribution in [0.1, 0.15) is 33.5 Å². The van der Waals surface area contributed by atoms with Crippen molar-refractivity contribution in [2.75, 3.05) is 6.61 Å². The maximum absolute atomic E-state index is 12.3. The van der Waals surface area contributed by atoms with Crippen LogP contribution in [0.3, 0.4) is 0 Å². The second-order valence-electron chi connectivity index (χ2n) is 4.12. The first-order chi connectivity index (χ1) is 10.0. The Kier molecular flexibility index (Phi) is 4.55. The number of nitrogens with zero attached hydrogens (tertiary/aromatic N) is 1. The number of carbonyl (C=O) groups is 2. The minimum Gasteiger partial charge on any atom is -0.507 e. The molecule has 2 aromatic rings. The Morgan fingerprint density at radius 1 is 1.24 bits per heavy atom. The van der Waals surface area contributed by atoms with Crippen LogP contribution in [0.25, 0.3) is 0 Å². The van der Waals surface area contributed by atoms with Crippen molar-refractivity contribution < 1.29 is 19.4 Å². The van der Waals surface area contributed by atoms with E-state index in [4.69, 9.17) is 16.3 Å². The van der Waals surface area contributed by atoms with Crippen LogP contribution >= 0.6 is 11.6 Å². The van der Waals surface area contributed by atoms with Crippen LogP contribution in [0.2, 0.25) is 5.02 Å². The number of benzene rings is 1. The molecule has 0 radical (unpaired) electrons. The van der Waals surface area contributed by atoms with Crippen LogP contribution in [-0.2, 0) is 4.74 Å². The highest BCUT2D eigenvalue weighted by Gasteiger charge is 2.17. The number of phenols is 1. The molecular formula is C15H12ClNO4. The SMILES string of the molecule is CCOC(=O)c1cccc(C(=O)c2cc(Cl)ccc2O)n1. The van der Waals surface area contributed by atoms with Crippen molar-refractivity contribution in [2.24, 2.45) is 0 Å². The number of ketones is 1. The molecule has 0 aliphatic heterocycles. The number of esters is 1. The number of ether oxygens (including phenoxy) is 1. The predicted octanol–water partition coefficient (Wildman–Crippen LogP) is 2.85. The van der Waals surface area contributed by atoms with Crippen LogP contribution < -0.4 is 0 Å². The molecule has 2 rings (SSSR count). The summed E-state index contributed by atoms with van der Waals surface area (Å²) in [5.74, 6) is -1.34. The maximum atomic E-state index is 12.3. The standard InChI is InChI=1S/C15H12ClNO4/c1-2-21-15(20)12-5-3-4-11(17-12)14(19)10-8-9(16)6-7-13(10)18/h3-8,18H,2H2,1H3. The molecule has 108 valence electrons. The molecule has 0 spiro atoms. The van der Waals surface area contributed by atoms with Crippen LogP contribution in [0.5, 0.6) is 5.75 Å². The number of rotatable bonds is 4. The average molecular weight is 306 g/mol. The zero-order valence-electron chi connectivity index (χ0n) is 11.2. The Morgan fingerprint density at radius 3 is 2.67 bits per heavy atom. The van der Waals surface area contributed by atoms with E-state index in [2.05, 4.69) is 4.98 Å². The lowest BCUT2D eigenvalue weighted by atomic mass is 10.1. The Bertz CT molecular complexity index is 700. The van der Waals surface area contributed by atoms with Gasteiger partial charge < -0.3 is 9.84 Å². The Balaban J connectivity index is 2.38. The van der Waals surface area contributed by atoms with E-state index in [1.54, 1.807) is 6.92 Å². The molecule has 0 saturated carbocycles. The van der Waals surface area contributed by atoms with Gasteiger partial charge in [0.05, 0.1) is 12.2 Å². The van der Waals surface area contributed by atoms with E-state index in [9.17, 15) is 14.7 Å². The highest BCUT2D eigenvalue weighted by atomic mass is 35.5. The molecule has 0 atom stereocenters. The molecule has 0 fully saturated rings. The van der Waals surface area contributed by atoms with Crippen molar-refractivity contribution >= 4 is 23.4 Å². The van der Waals surface area contributed by atoms with Gasteiger partial charge in [-0.15, -0.1) is 0 Å². The van der Waals surface area contributed by atoms with E-state index in [1.807, 2.05) is 0 Å². The van der Waals surface area contributed by atoms with Gasteiger partial charge in [0, 0.05) is 5.02 Å². The van der Waals surface area contributed by atoms with Crippen molar-refractivity contribution in [1.29, 1.82) is 0 Å². The summed E-state index contributed by atoms with van der Waals surface area (Å²) in [6.07, 6.45) is 0. The van der Waals surface area contributed by atoms with E-state index in [1.165, 1.54) is 36.4 Å². The largest absolute Gasteiger partial charge is 0.507 e. The van der Waals surface area contributed by atoms with E-state index >= 15 is 0 Å². The molecule has 1 heterocycles. The molecule has 0 amide bonds. The molecule has 0 bridgehead atoms. The van der Waals surface area contributed by atoms with Gasteiger partial charge in [0.15, 0.2) is 0 Å². The summed E-state index contributed by atoms with van der Waals surface area (Å²) >= 11 is 5.81. The quantitative estimate of drug-likeness (QED) is 0.694. The number of aromatic nitrogens is 1. The summed E-state index contributed by atoms with van der Waals surface area (Å²) in [7, 11) is 0. The third kappa shape index (κ3) is 3.38. The second-order valence-corrected chi connectivity index (χ2v) is 4.56. The highest BCUT2D eigenvalue weighted by Crippen LogP contribution is 2.23. The van der Waals surface area contributed by atoms with Gasteiger partial charge in [0.1, 0.15) is 17.1 Å². The Labute approximate surface area is 126 Å². The van der Waals surface area contributed by atoms with Crippen molar-refractivity contribution in [1.82, 2.24) is 4.98 Å². The Morgan fingerprint density at radius 2 is 1.95 bits per heavy atom. The van der Waals surface area contributed by atoms with Crippen molar-refractivity contribution in [3.8, 4) is 5.75 Å². The van der Waals surface area contributed by atoms with Gasteiger partial charge in [-0.3, -0.25) is 4.79 Å². The van der Waals surface area contributed by atoms with E-state index in [0.717, 1.165) is 0 Å². The van der Waals surface area contributed by atoms with Crippen LogP contribution in [0, 0.1) is 0 Å². The predicted molar refractivity (Wildman–Crippen MR) is 76.7 cm³/mol. The third-order valence-electron chi connectivity index (χ3n) is 2.67. The molecule has 1 aromatic carbocycles. The van der Waals surface area contributed by atoms with Gasteiger partial charge in [-0.25, -0.2) is 9.78 Å². The Hall–Kier alpha value is -2.40. The number of hydrogen-bond donors (Lipinski definition) is 1. The molecule has 5 nitrogen and oxygen atoms in total. The number of phenolic OH excluding ortho intramolecular Hbond substituents is 1. The van der Waals surface area contributed by atoms with Gasteiger partial charge in [-0.2, -0.15) is 0 Å². The molecule has 0 saturated heterocycles. The summed E-state index contributed by atoms with van der Waals surface area (Å²) in [6, 6.07) is 8.56. The zero-order chi connectivity index (χ0) is 15.4. The lowest BCUT2D eigenvalue weighted by Gasteiger charge is -2.06. The minimum atomic E-state index is -0.609. The number of aromatic hydroxyl groups is 1. The molecule has 1 N–H and O–H groups in total. The maximum Gasteiger partial charge on any atom is 0.356 e. The summed E-state index contributed by atoms with van der Waals surface area (Å²) in [5, 5.41) is 10.0.